The van der Waals surface area contributed by atoms with Gasteiger partial charge in [-0.1, -0.05) is 23.7 Å². The zero-order valence-electron chi connectivity index (χ0n) is 16.7. The van der Waals surface area contributed by atoms with Gasteiger partial charge in [-0.25, -0.2) is 8.42 Å². The molecule has 0 saturated carbocycles. The lowest BCUT2D eigenvalue weighted by Crippen LogP contribution is -2.16. The van der Waals surface area contributed by atoms with Gasteiger partial charge in [0.1, 0.15) is 5.75 Å². The van der Waals surface area contributed by atoms with Crippen molar-refractivity contribution in [2.75, 3.05) is 17.1 Å². The molecular formula is C22H21ClN2O4S. The third-order valence-electron chi connectivity index (χ3n) is 4.56. The fourth-order valence-electron chi connectivity index (χ4n) is 2.76. The van der Waals surface area contributed by atoms with E-state index in [1.165, 1.54) is 25.3 Å². The van der Waals surface area contributed by atoms with Crippen LogP contribution in [0.4, 0.5) is 11.4 Å². The topological polar surface area (TPSA) is 84.5 Å². The highest BCUT2D eigenvalue weighted by Crippen LogP contribution is 2.25. The maximum Gasteiger partial charge on any atom is 0.261 e. The molecule has 3 aromatic rings. The molecule has 0 bridgehead atoms. The Morgan fingerprint density at radius 3 is 2.20 bits per heavy atom. The molecule has 0 heterocycles. The number of anilines is 2. The van der Waals surface area contributed by atoms with Crippen LogP contribution in [0.15, 0.2) is 65.6 Å². The molecule has 0 aromatic heterocycles. The van der Waals surface area contributed by atoms with Crippen LogP contribution < -0.4 is 14.8 Å². The smallest absolute Gasteiger partial charge is 0.261 e. The van der Waals surface area contributed by atoms with Gasteiger partial charge in [-0.2, -0.15) is 0 Å². The first kappa shape index (κ1) is 21.7. The quantitative estimate of drug-likeness (QED) is 0.559. The van der Waals surface area contributed by atoms with Crippen LogP contribution in [0, 0.1) is 13.8 Å². The average molecular weight is 445 g/mol. The standard InChI is InChI=1S/C22H21ClN2O4S/c1-14-5-7-17(23)13-20(14)24-22(26)16-6-4-15(2)21(12-16)25-30(27,28)19-10-8-18(29-3)9-11-19/h4-13,25H,1-3H3,(H,24,26). The first-order valence-electron chi connectivity index (χ1n) is 9.04. The summed E-state index contributed by atoms with van der Waals surface area (Å²) < 4.78 is 33.1. The van der Waals surface area contributed by atoms with Gasteiger partial charge in [-0.05, 0) is 73.5 Å². The molecule has 0 unspecified atom stereocenters. The van der Waals surface area contributed by atoms with Gasteiger partial charge in [0, 0.05) is 16.3 Å². The predicted octanol–water partition coefficient (Wildman–Crippen LogP) is 5.02. The molecule has 3 aromatic carbocycles. The highest BCUT2D eigenvalue weighted by molar-refractivity contribution is 7.92. The minimum Gasteiger partial charge on any atom is -0.497 e. The van der Waals surface area contributed by atoms with Crippen LogP contribution in [-0.4, -0.2) is 21.4 Å². The number of benzene rings is 3. The van der Waals surface area contributed by atoms with E-state index in [0.29, 0.717) is 33.3 Å². The van der Waals surface area contributed by atoms with E-state index in [4.69, 9.17) is 16.3 Å². The number of hydrogen-bond acceptors (Lipinski definition) is 4. The number of sulfonamides is 1. The van der Waals surface area contributed by atoms with Gasteiger partial charge in [0.05, 0.1) is 17.7 Å². The Morgan fingerprint density at radius 2 is 1.53 bits per heavy atom. The monoisotopic (exact) mass is 444 g/mol. The van der Waals surface area contributed by atoms with Crippen molar-refractivity contribution in [3.8, 4) is 5.75 Å². The van der Waals surface area contributed by atoms with E-state index in [1.54, 1.807) is 43.3 Å². The van der Waals surface area contributed by atoms with Crippen molar-refractivity contribution >= 4 is 38.9 Å². The van der Waals surface area contributed by atoms with E-state index in [0.717, 1.165) is 5.56 Å². The second-order valence-electron chi connectivity index (χ2n) is 6.72. The van der Waals surface area contributed by atoms with Crippen LogP contribution >= 0.6 is 11.6 Å². The number of ether oxygens (including phenoxy) is 1. The highest BCUT2D eigenvalue weighted by Gasteiger charge is 2.17. The van der Waals surface area contributed by atoms with E-state index in [2.05, 4.69) is 10.0 Å². The van der Waals surface area contributed by atoms with Crippen molar-refractivity contribution in [2.24, 2.45) is 0 Å². The average Bonchev–Trinajstić information content (AvgIpc) is 2.72. The maximum absolute atomic E-state index is 12.7. The summed E-state index contributed by atoms with van der Waals surface area (Å²) in [5, 5.41) is 3.31. The molecule has 0 aliphatic heterocycles. The summed E-state index contributed by atoms with van der Waals surface area (Å²) in [6.45, 7) is 3.62. The van der Waals surface area contributed by atoms with Gasteiger partial charge in [0.15, 0.2) is 0 Å². The molecule has 6 nitrogen and oxygen atoms in total. The van der Waals surface area contributed by atoms with E-state index >= 15 is 0 Å². The number of amides is 1. The first-order chi connectivity index (χ1) is 14.2. The number of carbonyl (C=O) groups excluding carboxylic acids is 1. The summed E-state index contributed by atoms with van der Waals surface area (Å²) in [5.74, 6) is 0.186. The molecule has 0 atom stereocenters. The van der Waals surface area contributed by atoms with Crippen LogP contribution in [0.3, 0.4) is 0 Å². The lowest BCUT2D eigenvalue weighted by Gasteiger charge is -2.13. The summed E-state index contributed by atoms with van der Waals surface area (Å²) >= 11 is 6.01. The van der Waals surface area contributed by atoms with Crippen molar-refractivity contribution in [2.45, 2.75) is 18.7 Å². The highest BCUT2D eigenvalue weighted by atomic mass is 35.5. The van der Waals surface area contributed by atoms with Gasteiger partial charge in [0.25, 0.3) is 15.9 Å². The number of carbonyl (C=O) groups is 1. The largest absolute Gasteiger partial charge is 0.497 e. The summed E-state index contributed by atoms with van der Waals surface area (Å²) in [4.78, 5) is 12.8. The Balaban J connectivity index is 1.85. The molecule has 3 rings (SSSR count). The zero-order chi connectivity index (χ0) is 21.9. The summed E-state index contributed by atoms with van der Waals surface area (Å²) in [5.41, 5.74) is 2.77. The fraction of sp³-hybridized carbons (Fsp3) is 0.136. The maximum atomic E-state index is 12.7. The molecule has 8 heteroatoms. The van der Waals surface area contributed by atoms with Crippen LogP contribution in [0.2, 0.25) is 5.02 Å². The molecule has 2 N–H and O–H groups in total. The van der Waals surface area contributed by atoms with Crippen molar-refractivity contribution in [3.05, 3.63) is 82.4 Å². The Morgan fingerprint density at radius 1 is 0.900 bits per heavy atom. The first-order valence-corrected chi connectivity index (χ1v) is 10.9. The number of rotatable bonds is 6. The number of nitrogens with one attached hydrogen (secondary N) is 2. The molecule has 1 amide bonds. The van der Waals surface area contributed by atoms with Crippen molar-refractivity contribution < 1.29 is 17.9 Å². The zero-order valence-corrected chi connectivity index (χ0v) is 18.3. The SMILES string of the molecule is COc1ccc(S(=O)(=O)Nc2cc(C(=O)Nc3cc(Cl)ccc3C)ccc2C)cc1. The van der Waals surface area contributed by atoms with Gasteiger partial charge >= 0.3 is 0 Å². The second kappa shape index (κ2) is 8.77. The fourth-order valence-corrected chi connectivity index (χ4v) is 4.05. The predicted molar refractivity (Wildman–Crippen MR) is 119 cm³/mol. The molecule has 0 aliphatic rings. The molecular weight excluding hydrogens is 424 g/mol. The minimum absolute atomic E-state index is 0.0899. The van der Waals surface area contributed by atoms with Crippen molar-refractivity contribution in [3.63, 3.8) is 0 Å². The molecule has 0 fully saturated rings. The summed E-state index contributed by atoms with van der Waals surface area (Å²) in [7, 11) is -2.32. The Bertz CT molecular complexity index is 1190. The van der Waals surface area contributed by atoms with E-state index in [1.807, 2.05) is 13.0 Å². The molecule has 0 radical (unpaired) electrons. The summed E-state index contributed by atoms with van der Waals surface area (Å²) in [6, 6.07) is 16.1. The third kappa shape index (κ3) is 4.93. The lowest BCUT2D eigenvalue weighted by atomic mass is 10.1. The van der Waals surface area contributed by atoms with Gasteiger partial charge in [-0.3, -0.25) is 9.52 Å². The Hall–Kier alpha value is -3.03. The van der Waals surface area contributed by atoms with Gasteiger partial charge in [0.2, 0.25) is 0 Å². The molecule has 30 heavy (non-hydrogen) atoms. The number of halogens is 1. The van der Waals surface area contributed by atoms with E-state index in [9.17, 15) is 13.2 Å². The lowest BCUT2D eigenvalue weighted by molar-refractivity contribution is 0.102. The van der Waals surface area contributed by atoms with Crippen molar-refractivity contribution in [1.82, 2.24) is 0 Å². The Kier molecular flexibility index (Phi) is 6.34. The number of methoxy groups -OCH3 is 1. The summed E-state index contributed by atoms with van der Waals surface area (Å²) in [6.07, 6.45) is 0. The van der Waals surface area contributed by atoms with Crippen LogP contribution in [0.5, 0.6) is 5.75 Å². The number of hydrogen-bond donors (Lipinski definition) is 2. The van der Waals surface area contributed by atoms with Crippen LogP contribution in [-0.2, 0) is 10.0 Å². The molecule has 0 saturated heterocycles. The molecule has 0 spiro atoms. The molecule has 0 aliphatic carbocycles. The van der Waals surface area contributed by atoms with Crippen LogP contribution in [0.1, 0.15) is 21.5 Å². The third-order valence-corrected chi connectivity index (χ3v) is 6.18. The van der Waals surface area contributed by atoms with Gasteiger partial charge in [-0.15, -0.1) is 0 Å². The number of aryl methyl sites for hydroxylation is 2. The molecule has 156 valence electrons. The van der Waals surface area contributed by atoms with Crippen molar-refractivity contribution in [1.29, 1.82) is 0 Å². The normalized spacial score (nSPS) is 11.1. The van der Waals surface area contributed by atoms with Gasteiger partial charge < -0.3 is 10.1 Å². The van der Waals surface area contributed by atoms with E-state index < -0.39 is 10.0 Å². The Labute approximate surface area is 180 Å². The minimum atomic E-state index is -3.83. The van der Waals surface area contributed by atoms with Crippen LogP contribution in [0.25, 0.3) is 0 Å². The van der Waals surface area contributed by atoms with E-state index in [-0.39, 0.29) is 10.8 Å². The second-order valence-corrected chi connectivity index (χ2v) is 8.84.